The van der Waals surface area contributed by atoms with Crippen LogP contribution in [0.4, 0.5) is 0 Å². The number of ketones is 1. The van der Waals surface area contributed by atoms with Crippen LogP contribution >= 0.6 is 0 Å². The highest BCUT2D eigenvalue weighted by Gasteiger charge is 2.15. The molecule has 0 spiro atoms. The van der Waals surface area contributed by atoms with Crippen molar-refractivity contribution in [2.24, 2.45) is 0 Å². The van der Waals surface area contributed by atoms with E-state index in [2.05, 4.69) is 4.98 Å². The Kier molecular flexibility index (Phi) is 3.17. The van der Waals surface area contributed by atoms with Crippen LogP contribution in [0.2, 0.25) is 0 Å². The molecule has 0 aromatic carbocycles. The van der Waals surface area contributed by atoms with Gasteiger partial charge in [-0.1, -0.05) is 0 Å². The Morgan fingerprint density at radius 1 is 1.57 bits per heavy atom. The number of carbonyl (C=O) groups excluding carboxylic acids is 1. The standard InChI is InChI=1S/C9H9NO4/c1-14-8-3-2-4-10-6(8)5-7(11)9(12)13/h2-4H,5H2,1H3,(H,12,13). The molecule has 0 fully saturated rings. The maximum atomic E-state index is 10.9. The SMILES string of the molecule is COc1cccnc1CC(=O)C(=O)O. The number of hydrogen-bond acceptors (Lipinski definition) is 4. The first-order valence-corrected chi connectivity index (χ1v) is 3.89. The number of aliphatic carboxylic acids is 1. The van der Waals surface area contributed by atoms with Crippen LogP contribution in [0.3, 0.4) is 0 Å². The first-order chi connectivity index (χ1) is 6.65. The highest BCUT2D eigenvalue weighted by atomic mass is 16.5. The van der Waals surface area contributed by atoms with Gasteiger partial charge in [0.05, 0.1) is 19.2 Å². The van der Waals surface area contributed by atoms with E-state index in [-0.39, 0.29) is 6.42 Å². The van der Waals surface area contributed by atoms with Gasteiger partial charge >= 0.3 is 5.97 Å². The number of rotatable bonds is 4. The number of nitrogens with zero attached hydrogens (tertiary/aromatic N) is 1. The van der Waals surface area contributed by atoms with Crippen LogP contribution in [0.25, 0.3) is 0 Å². The van der Waals surface area contributed by atoms with E-state index in [1.807, 2.05) is 0 Å². The van der Waals surface area contributed by atoms with Crippen molar-refractivity contribution >= 4 is 11.8 Å². The van der Waals surface area contributed by atoms with Gasteiger partial charge in [-0.3, -0.25) is 9.78 Å². The third kappa shape index (κ3) is 2.29. The second kappa shape index (κ2) is 4.36. The lowest BCUT2D eigenvalue weighted by atomic mass is 10.2. The molecule has 0 atom stereocenters. The van der Waals surface area contributed by atoms with E-state index in [1.165, 1.54) is 13.3 Å². The Morgan fingerprint density at radius 3 is 2.86 bits per heavy atom. The van der Waals surface area contributed by atoms with Crippen LogP contribution in [0.1, 0.15) is 5.69 Å². The molecule has 5 heteroatoms. The van der Waals surface area contributed by atoms with Gasteiger partial charge < -0.3 is 9.84 Å². The Balaban J connectivity index is 2.85. The highest BCUT2D eigenvalue weighted by molar-refractivity contribution is 6.33. The number of carboxylic acid groups (broad SMARTS) is 1. The number of pyridine rings is 1. The van der Waals surface area contributed by atoms with Gasteiger partial charge in [0, 0.05) is 6.20 Å². The lowest BCUT2D eigenvalue weighted by Crippen LogP contribution is -2.16. The summed E-state index contributed by atoms with van der Waals surface area (Å²) >= 11 is 0. The Bertz CT molecular complexity index is 362. The normalized spacial score (nSPS) is 9.50. The molecule has 1 N–H and O–H groups in total. The molecular weight excluding hydrogens is 186 g/mol. The number of ether oxygens (including phenoxy) is 1. The fourth-order valence-corrected chi connectivity index (χ4v) is 0.970. The summed E-state index contributed by atoms with van der Waals surface area (Å²) in [6.07, 6.45) is 1.23. The zero-order valence-electron chi connectivity index (χ0n) is 7.56. The molecule has 0 aliphatic rings. The molecule has 5 nitrogen and oxygen atoms in total. The molecule has 0 aliphatic carbocycles. The first-order valence-electron chi connectivity index (χ1n) is 3.89. The largest absolute Gasteiger partial charge is 0.495 e. The van der Waals surface area contributed by atoms with E-state index in [0.717, 1.165) is 0 Å². The van der Waals surface area contributed by atoms with Gasteiger partial charge in [-0.05, 0) is 12.1 Å². The van der Waals surface area contributed by atoms with Crippen LogP contribution in [-0.2, 0) is 16.0 Å². The summed E-state index contributed by atoms with van der Waals surface area (Å²) in [4.78, 5) is 25.0. The Morgan fingerprint density at radius 2 is 2.29 bits per heavy atom. The summed E-state index contributed by atoms with van der Waals surface area (Å²) < 4.78 is 4.92. The summed E-state index contributed by atoms with van der Waals surface area (Å²) in [7, 11) is 1.44. The molecule has 0 amide bonds. The highest BCUT2D eigenvalue weighted by Crippen LogP contribution is 2.14. The third-order valence-electron chi connectivity index (χ3n) is 1.63. The number of methoxy groups -OCH3 is 1. The van der Waals surface area contributed by atoms with Crippen molar-refractivity contribution in [2.75, 3.05) is 7.11 Å². The zero-order chi connectivity index (χ0) is 10.6. The minimum atomic E-state index is -1.46. The van der Waals surface area contributed by atoms with Crippen molar-refractivity contribution < 1.29 is 19.4 Å². The molecular formula is C9H9NO4. The van der Waals surface area contributed by atoms with Gasteiger partial charge in [-0.15, -0.1) is 0 Å². The van der Waals surface area contributed by atoms with Crippen molar-refractivity contribution in [3.63, 3.8) is 0 Å². The van der Waals surface area contributed by atoms with E-state index in [4.69, 9.17) is 9.84 Å². The molecule has 0 bridgehead atoms. The van der Waals surface area contributed by atoms with Crippen molar-refractivity contribution in [3.8, 4) is 5.75 Å². The van der Waals surface area contributed by atoms with E-state index >= 15 is 0 Å². The summed E-state index contributed by atoms with van der Waals surface area (Å²) in [5.41, 5.74) is 0.336. The minimum Gasteiger partial charge on any atom is -0.495 e. The van der Waals surface area contributed by atoms with Crippen LogP contribution in [0.15, 0.2) is 18.3 Å². The lowest BCUT2D eigenvalue weighted by molar-refractivity contribution is -0.148. The van der Waals surface area contributed by atoms with E-state index in [0.29, 0.717) is 11.4 Å². The second-order valence-corrected chi connectivity index (χ2v) is 2.56. The monoisotopic (exact) mass is 195 g/mol. The van der Waals surface area contributed by atoms with Crippen LogP contribution in [0.5, 0.6) is 5.75 Å². The van der Waals surface area contributed by atoms with Gasteiger partial charge in [0.2, 0.25) is 5.78 Å². The summed E-state index contributed by atoms with van der Waals surface area (Å²) in [5, 5.41) is 8.39. The first kappa shape index (κ1) is 10.2. The summed E-state index contributed by atoms with van der Waals surface area (Å²) in [6, 6.07) is 3.27. The van der Waals surface area contributed by atoms with Gasteiger partial charge in [-0.2, -0.15) is 0 Å². The summed E-state index contributed by atoms with van der Waals surface area (Å²) in [5.74, 6) is -1.94. The van der Waals surface area contributed by atoms with Crippen LogP contribution < -0.4 is 4.74 Å². The van der Waals surface area contributed by atoms with E-state index in [1.54, 1.807) is 12.1 Å². The van der Waals surface area contributed by atoms with Crippen molar-refractivity contribution in [1.82, 2.24) is 4.98 Å². The number of carbonyl (C=O) groups is 2. The molecule has 1 aromatic rings. The van der Waals surface area contributed by atoms with Gasteiger partial charge in [0.1, 0.15) is 5.75 Å². The molecule has 14 heavy (non-hydrogen) atoms. The summed E-state index contributed by atoms with van der Waals surface area (Å²) in [6.45, 7) is 0. The third-order valence-corrected chi connectivity index (χ3v) is 1.63. The minimum absolute atomic E-state index is 0.251. The van der Waals surface area contributed by atoms with Crippen molar-refractivity contribution in [3.05, 3.63) is 24.0 Å². The predicted octanol–water partition coefficient (Wildman–Crippen LogP) is 0.286. The quantitative estimate of drug-likeness (QED) is 0.698. The molecule has 0 saturated heterocycles. The molecule has 0 unspecified atom stereocenters. The maximum absolute atomic E-state index is 10.9. The smallest absolute Gasteiger partial charge is 0.372 e. The second-order valence-electron chi connectivity index (χ2n) is 2.56. The molecule has 0 radical (unpaired) electrons. The number of Topliss-reactive ketones (excluding diaryl/α,β-unsaturated/α-hetero) is 1. The maximum Gasteiger partial charge on any atom is 0.372 e. The molecule has 1 aromatic heterocycles. The molecule has 74 valence electrons. The van der Waals surface area contributed by atoms with E-state index < -0.39 is 11.8 Å². The molecule has 1 heterocycles. The van der Waals surface area contributed by atoms with Crippen LogP contribution in [-0.4, -0.2) is 29.0 Å². The lowest BCUT2D eigenvalue weighted by Gasteiger charge is -2.04. The average molecular weight is 195 g/mol. The number of hydrogen-bond donors (Lipinski definition) is 1. The predicted molar refractivity (Wildman–Crippen MR) is 47.1 cm³/mol. The van der Waals surface area contributed by atoms with Gasteiger partial charge in [-0.25, -0.2) is 4.79 Å². The van der Waals surface area contributed by atoms with Crippen LogP contribution in [0, 0.1) is 0 Å². The topological polar surface area (TPSA) is 76.5 Å². The number of carboxylic acids is 1. The van der Waals surface area contributed by atoms with E-state index in [9.17, 15) is 9.59 Å². The molecule has 0 saturated carbocycles. The number of aromatic nitrogens is 1. The Labute approximate surface area is 80.3 Å². The van der Waals surface area contributed by atoms with Gasteiger partial charge in [0.25, 0.3) is 0 Å². The zero-order valence-corrected chi connectivity index (χ0v) is 7.56. The van der Waals surface area contributed by atoms with Crippen molar-refractivity contribution in [2.45, 2.75) is 6.42 Å². The molecule has 0 aliphatic heterocycles. The van der Waals surface area contributed by atoms with Crippen molar-refractivity contribution in [1.29, 1.82) is 0 Å². The average Bonchev–Trinajstić information content (AvgIpc) is 2.18. The Hall–Kier alpha value is -1.91. The molecule has 1 rings (SSSR count). The van der Waals surface area contributed by atoms with Gasteiger partial charge in [0.15, 0.2) is 0 Å². The fraction of sp³-hybridized carbons (Fsp3) is 0.222. The fourth-order valence-electron chi connectivity index (χ4n) is 0.970.